The van der Waals surface area contributed by atoms with Gasteiger partial charge >= 0.3 is 0 Å². The van der Waals surface area contributed by atoms with Crippen molar-refractivity contribution < 1.29 is 4.74 Å². The molecule has 0 rings (SSSR count). The molecule has 0 radical (unpaired) electrons. The molecule has 0 fully saturated rings. The predicted molar refractivity (Wildman–Crippen MR) is 84.1 cm³/mol. The van der Waals surface area contributed by atoms with Gasteiger partial charge in [-0.2, -0.15) is 0 Å². The van der Waals surface area contributed by atoms with E-state index in [2.05, 4.69) is 38.5 Å². The van der Waals surface area contributed by atoms with Gasteiger partial charge in [-0.1, -0.05) is 52.4 Å². The second-order valence-electron chi connectivity index (χ2n) is 5.95. The van der Waals surface area contributed by atoms with Crippen LogP contribution < -0.4 is 4.98 Å². The fraction of sp³-hybridized carbons (Fsp3) is 1.00. The molecule has 0 saturated carbocycles. The number of unbranched alkanes of at least 4 members (excludes halogenated alkanes) is 1. The third-order valence-electron chi connectivity index (χ3n) is 3.24. The molecule has 0 aliphatic heterocycles. The van der Waals surface area contributed by atoms with Gasteiger partial charge in [0.2, 0.25) is 0 Å². The quantitative estimate of drug-likeness (QED) is 0.461. The Morgan fingerprint density at radius 2 is 1.82 bits per heavy atom. The van der Waals surface area contributed by atoms with Crippen molar-refractivity contribution in [1.29, 1.82) is 0 Å². The van der Waals surface area contributed by atoms with Crippen molar-refractivity contribution in [2.45, 2.75) is 64.8 Å². The van der Waals surface area contributed by atoms with Gasteiger partial charge in [-0.25, -0.2) is 0 Å². The Morgan fingerprint density at radius 1 is 1.12 bits per heavy atom. The van der Waals surface area contributed by atoms with E-state index >= 15 is 0 Å². The molecule has 0 aromatic carbocycles. The van der Waals surface area contributed by atoms with Crippen molar-refractivity contribution in [2.24, 2.45) is 0 Å². The molecule has 0 amide bonds. The molecule has 4 heteroatoms. The van der Waals surface area contributed by atoms with E-state index in [0.717, 1.165) is 19.4 Å². The maximum Gasteiger partial charge on any atom is 0.133 e. The van der Waals surface area contributed by atoms with Gasteiger partial charge in [-0.05, 0) is 19.0 Å². The van der Waals surface area contributed by atoms with Crippen molar-refractivity contribution in [2.75, 3.05) is 19.4 Å². The molecule has 0 aromatic rings. The first-order valence-electron chi connectivity index (χ1n) is 7.33. The molecule has 1 unspecified atom stereocenters. The van der Waals surface area contributed by atoms with E-state index in [-0.39, 0.29) is 0 Å². The third kappa shape index (κ3) is 11.2. The van der Waals surface area contributed by atoms with Crippen LogP contribution in [0.2, 0.25) is 31.7 Å². The lowest BCUT2D eigenvalue weighted by atomic mass is 10.4. The zero-order valence-corrected chi connectivity index (χ0v) is 14.8. The third-order valence-corrected chi connectivity index (χ3v) is 8.23. The van der Waals surface area contributed by atoms with Crippen LogP contribution in [0.1, 0.15) is 33.1 Å². The number of ether oxygens (including phenoxy) is 1. The van der Waals surface area contributed by atoms with Crippen LogP contribution in [-0.2, 0) is 4.74 Å². The van der Waals surface area contributed by atoms with Gasteiger partial charge in [0.1, 0.15) is 8.96 Å². The lowest BCUT2D eigenvalue weighted by Gasteiger charge is -2.22. The van der Waals surface area contributed by atoms with Crippen molar-refractivity contribution in [3.8, 4) is 0 Å². The maximum atomic E-state index is 5.84. The number of rotatable bonds is 11. The van der Waals surface area contributed by atoms with E-state index in [0.29, 0.717) is 0 Å². The summed E-state index contributed by atoms with van der Waals surface area (Å²) in [5, 5.41) is 0. The molecular formula is C13H33NOSi2. The van der Waals surface area contributed by atoms with E-state index in [4.69, 9.17) is 4.74 Å². The Labute approximate surface area is 111 Å². The maximum absolute atomic E-state index is 5.84. The molecule has 1 N–H and O–H groups in total. The van der Waals surface area contributed by atoms with Gasteiger partial charge in [-0.15, -0.1) is 0 Å². The van der Waals surface area contributed by atoms with Gasteiger partial charge in [0, 0.05) is 14.7 Å². The van der Waals surface area contributed by atoms with E-state index < -0.39 is 17.0 Å². The summed E-state index contributed by atoms with van der Waals surface area (Å²) >= 11 is 0. The first-order valence-corrected chi connectivity index (χ1v) is 13.3. The van der Waals surface area contributed by atoms with Crippen molar-refractivity contribution >= 4 is 17.0 Å². The summed E-state index contributed by atoms with van der Waals surface area (Å²) in [7, 11) is -1.74. The van der Waals surface area contributed by atoms with Crippen LogP contribution in [0, 0.1) is 0 Å². The number of hydrogen-bond donors (Lipinski definition) is 1. The number of nitrogens with one attached hydrogen (secondary N) is 1. The molecule has 0 spiro atoms. The predicted octanol–water partition coefficient (Wildman–Crippen LogP) is 3.40. The highest BCUT2D eigenvalue weighted by molar-refractivity contribution is 6.77. The standard InChI is InChI=1S/C13H33NOSi2/c1-6-8-11-17(4,5)12-10-15-13-16(3)14-9-7-2/h14,16H,6-13H2,1-5H3. The minimum Gasteiger partial charge on any atom is -0.384 e. The van der Waals surface area contributed by atoms with Gasteiger partial charge < -0.3 is 9.72 Å². The van der Waals surface area contributed by atoms with Gasteiger partial charge in [-0.3, -0.25) is 0 Å². The van der Waals surface area contributed by atoms with Gasteiger partial charge in [0.25, 0.3) is 0 Å². The fourth-order valence-electron chi connectivity index (χ4n) is 1.84. The molecule has 0 heterocycles. The summed E-state index contributed by atoms with van der Waals surface area (Å²) in [5.74, 6) is 0. The fourth-order valence-corrected chi connectivity index (χ4v) is 5.52. The smallest absolute Gasteiger partial charge is 0.133 e. The Kier molecular flexibility index (Phi) is 10.5. The molecular weight excluding hydrogens is 242 g/mol. The molecule has 104 valence electrons. The SMILES string of the molecule is CCCC[Si](C)(C)CCOC[SiH](C)NCCC. The van der Waals surface area contributed by atoms with E-state index in [1.807, 2.05) is 0 Å². The normalized spacial score (nSPS) is 13.9. The highest BCUT2D eigenvalue weighted by Crippen LogP contribution is 2.18. The molecule has 0 saturated heterocycles. The second-order valence-corrected chi connectivity index (χ2v) is 13.8. The van der Waals surface area contributed by atoms with Gasteiger partial charge in [0.05, 0.1) is 6.23 Å². The second kappa shape index (κ2) is 10.3. The van der Waals surface area contributed by atoms with Crippen molar-refractivity contribution in [3.63, 3.8) is 0 Å². The van der Waals surface area contributed by atoms with Crippen LogP contribution in [0.15, 0.2) is 0 Å². The molecule has 17 heavy (non-hydrogen) atoms. The summed E-state index contributed by atoms with van der Waals surface area (Å²) in [5.41, 5.74) is 0. The molecule has 2 nitrogen and oxygen atoms in total. The number of hydrogen-bond acceptors (Lipinski definition) is 2. The lowest BCUT2D eigenvalue weighted by molar-refractivity contribution is 0.188. The van der Waals surface area contributed by atoms with E-state index in [1.54, 1.807) is 0 Å². The Hall–Kier alpha value is 0.354. The molecule has 0 bridgehead atoms. The monoisotopic (exact) mass is 275 g/mol. The van der Waals surface area contributed by atoms with Gasteiger partial charge in [0.15, 0.2) is 0 Å². The van der Waals surface area contributed by atoms with Crippen LogP contribution >= 0.6 is 0 Å². The molecule has 0 aliphatic rings. The van der Waals surface area contributed by atoms with E-state index in [9.17, 15) is 0 Å². The summed E-state index contributed by atoms with van der Waals surface area (Å²) < 4.78 is 5.84. The van der Waals surface area contributed by atoms with Crippen LogP contribution in [0.3, 0.4) is 0 Å². The molecule has 0 aromatic heterocycles. The summed E-state index contributed by atoms with van der Waals surface area (Å²) in [6, 6.07) is 2.80. The van der Waals surface area contributed by atoms with Crippen molar-refractivity contribution in [1.82, 2.24) is 4.98 Å². The topological polar surface area (TPSA) is 21.3 Å². The highest BCUT2D eigenvalue weighted by Gasteiger charge is 2.19. The first kappa shape index (κ1) is 17.4. The summed E-state index contributed by atoms with van der Waals surface area (Å²) in [6.45, 7) is 14.0. The Morgan fingerprint density at radius 3 is 2.41 bits per heavy atom. The van der Waals surface area contributed by atoms with Crippen LogP contribution in [0.4, 0.5) is 0 Å². The summed E-state index contributed by atoms with van der Waals surface area (Å²) in [4.78, 5) is 3.59. The first-order chi connectivity index (χ1) is 8.02. The minimum absolute atomic E-state index is 0.784. The zero-order chi connectivity index (χ0) is 13.1. The molecule has 1 atom stereocenters. The Balaban J connectivity index is 3.48. The largest absolute Gasteiger partial charge is 0.384 e. The minimum atomic E-state index is -0.952. The van der Waals surface area contributed by atoms with Crippen molar-refractivity contribution in [3.05, 3.63) is 0 Å². The highest BCUT2D eigenvalue weighted by atomic mass is 28.3. The Bertz CT molecular complexity index is 177. The average molecular weight is 276 g/mol. The molecule has 0 aliphatic carbocycles. The average Bonchev–Trinajstić information content (AvgIpc) is 2.29. The van der Waals surface area contributed by atoms with Crippen LogP contribution in [0.5, 0.6) is 0 Å². The van der Waals surface area contributed by atoms with Crippen LogP contribution in [0.25, 0.3) is 0 Å². The summed E-state index contributed by atoms with van der Waals surface area (Å²) in [6.07, 6.45) is 4.97. The van der Waals surface area contributed by atoms with E-state index in [1.165, 1.54) is 31.4 Å². The zero-order valence-electron chi connectivity index (χ0n) is 12.6. The lowest BCUT2D eigenvalue weighted by Crippen LogP contribution is -2.37. The van der Waals surface area contributed by atoms with Crippen LogP contribution in [-0.4, -0.2) is 36.4 Å².